The van der Waals surface area contributed by atoms with E-state index in [1.54, 1.807) is 0 Å². The Bertz CT molecular complexity index is 987. The van der Waals surface area contributed by atoms with Crippen molar-refractivity contribution in [3.63, 3.8) is 0 Å². The maximum atomic E-state index is 12.5. The van der Waals surface area contributed by atoms with Gasteiger partial charge in [0.2, 0.25) is 5.91 Å². The summed E-state index contributed by atoms with van der Waals surface area (Å²) in [5.41, 5.74) is 3.74. The van der Waals surface area contributed by atoms with Gasteiger partial charge in [0, 0.05) is 19.6 Å². The molecule has 2 aromatic carbocycles. The number of ether oxygens (including phenoxy) is 2. The molecule has 0 saturated heterocycles. The van der Waals surface area contributed by atoms with Crippen LogP contribution >= 0.6 is 0 Å². The first-order valence-corrected chi connectivity index (χ1v) is 10.6. The van der Waals surface area contributed by atoms with Crippen molar-refractivity contribution in [2.75, 3.05) is 26.9 Å². The van der Waals surface area contributed by atoms with Gasteiger partial charge in [0.25, 0.3) is 0 Å². The van der Waals surface area contributed by atoms with E-state index in [4.69, 9.17) is 9.47 Å². The molecule has 0 aliphatic heterocycles. The number of hydrogen-bond acceptors (Lipinski definition) is 5. The number of rotatable bonds is 9. The lowest BCUT2D eigenvalue weighted by Gasteiger charge is -2.20. The lowest BCUT2D eigenvalue weighted by atomic mass is 9.98. The van der Waals surface area contributed by atoms with Crippen LogP contribution in [-0.4, -0.2) is 56.0 Å². The normalized spacial score (nSPS) is 16.4. The molecule has 4 rings (SSSR count). The number of benzene rings is 2. The number of alkyl carbamates (subject to hydrolysis) is 1. The van der Waals surface area contributed by atoms with Gasteiger partial charge in [-0.2, -0.15) is 0 Å². The smallest absolute Gasteiger partial charge is 0.407 e. The second-order valence-corrected chi connectivity index (χ2v) is 8.28. The highest BCUT2D eigenvalue weighted by Crippen LogP contribution is 2.46. The third-order valence-corrected chi connectivity index (χ3v) is 6.19. The molecule has 168 valence electrons. The van der Waals surface area contributed by atoms with Crippen molar-refractivity contribution in [1.82, 2.24) is 10.6 Å². The molecule has 2 amide bonds. The van der Waals surface area contributed by atoms with Gasteiger partial charge in [-0.05, 0) is 35.1 Å². The molecule has 3 N–H and O–H groups in total. The highest BCUT2D eigenvalue weighted by atomic mass is 16.5. The van der Waals surface area contributed by atoms with Crippen molar-refractivity contribution >= 4 is 18.0 Å². The number of fused-ring (bicyclic) bond motifs is 3. The molecule has 0 spiro atoms. The van der Waals surface area contributed by atoms with Crippen LogP contribution in [0.25, 0.3) is 11.1 Å². The molecule has 8 nitrogen and oxygen atoms in total. The van der Waals surface area contributed by atoms with Gasteiger partial charge in [0.1, 0.15) is 6.61 Å². The molecule has 1 fully saturated rings. The number of nitrogens with one attached hydrogen (secondary N) is 2. The summed E-state index contributed by atoms with van der Waals surface area (Å²) in [5.74, 6) is -1.61. The average Bonchev–Trinajstić information content (AvgIpc) is 3.53. The summed E-state index contributed by atoms with van der Waals surface area (Å²) in [7, 11) is 1.37. The molecule has 2 aromatic rings. The average molecular weight is 438 g/mol. The largest absolute Gasteiger partial charge is 0.480 e. The maximum Gasteiger partial charge on any atom is 0.407 e. The fraction of sp³-hybridized carbons (Fsp3) is 0.375. The molecule has 32 heavy (non-hydrogen) atoms. The van der Waals surface area contributed by atoms with Crippen molar-refractivity contribution in [2.24, 2.45) is 5.41 Å². The highest BCUT2D eigenvalue weighted by Gasteiger charge is 2.50. The predicted octanol–water partition coefficient (Wildman–Crippen LogP) is 2.52. The summed E-state index contributed by atoms with van der Waals surface area (Å²) >= 11 is 0. The van der Waals surface area contributed by atoms with Crippen molar-refractivity contribution in [2.45, 2.75) is 24.8 Å². The Labute approximate surface area is 185 Å². The number of carboxylic acids is 1. The van der Waals surface area contributed by atoms with Crippen LogP contribution in [-0.2, 0) is 19.1 Å². The Morgan fingerprint density at radius 3 is 2.19 bits per heavy atom. The molecule has 1 unspecified atom stereocenters. The first-order chi connectivity index (χ1) is 15.4. The third kappa shape index (κ3) is 4.31. The van der Waals surface area contributed by atoms with Crippen LogP contribution < -0.4 is 10.6 Å². The minimum atomic E-state index is -1.17. The van der Waals surface area contributed by atoms with Gasteiger partial charge < -0.3 is 25.2 Å². The molecular formula is C24H26N2O6. The van der Waals surface area contributed by atoms with Gasteiger partial charge >= 0.3 is 12.1 Å². The van der Waals surface area contributed by atoms with Crippen molar-refractivity contribution < 1.29 is 29.0 Å². The van der Waals surface area contributed by atoms with Crippen LogP contribution in [0.4, 0.5) is 4.79 Å². The van der Waals surface area contributed by atoms with E-state index in [-0.39, 0.29) is 25.7 Å². The van der Waals surface area contributed by atoms with Gasteiger partial charge in [-0.15, -0.1) is 0 Å². The van der Waals surface area contributed by atoms with Gasteiger partial charge in [-0.3, -0.25) is 4.79 Å². The molecular weight excluding hydrogens is 412 g/mol. The third-order valence-electron chi connectivity index (χ3n) is 6.19. The zero-order valence-corrected chi connectivity index (χ0v) is 17.8. The monoisotopic (exact) mass is 438 g/mol. The second-order valence-electron chi connectivity index (χ2n) is 8.28. The van der Waals surface area contributed by atoms with E-state index in [0.717, 1.165) is 22.3 Å². The quantitative estimate of drug-likeness (QED) is 0.554. The fourth-order valence-corrected chi connectivity index (χ4v) is 4.18. The van der Waals surface area contributed by atoms with Crippen LogP contribution in [0, 0.1) is 5.41 Å². The number of carbonyl (C=O) groups excluding carboxylic acids is 2. The Kier molecular flexibility index (Phi) is 6.14. The Morgan fingerprint density at radius 2 is 1.66 bits per heavy atom. The van der Waals surface area contributed by atoms with E-state index in [0.29, 0.717) is 12.8 Å². The number of aliphatic carboxylic acids is 1. The molecule has 2 aliphatic rings. The van der Waals surface area contributed by atoms with Crippen LogP contribution in [0.3, 0.4) is 0 Å². The highest BCUT2D eigenvalue weighted by molar-refractivity contribution is 5.90. The van der Waals surface area contributed by atoms with Gasteiger partial charge in [-0.25, -0.2) is 9.59 Å². The number of amides is 2. The van der Waals surface area contributed by atoms with Gasteiger partial charge in [0.05, 0.1) is 12.0 Å². The standard InChI is InChI=1S/C24H26N2O6/c1-31-13-20(21(27)28)26-22(29)24(10-11-24)14-25-23(30)32-12-19-17-8-4-2-6-15(17)16-7-3-5-9-18(16)19/h2-9,19-20H,10-14H2,1H3,(H,25,30)(H,26,29)(H,27,28). The van der Waals surface area contributed by atoms with Crippen molar-refractivity contribution in [1.29, 1.82) is 0 Å². The zero-order chi connectivity index (χ0) is 22.7. The minimum Gasteiger partial charge on any atom is -0.480 e. The van der Waals surface area contributed by atoms with Crippen molar-refractivity contribution in [3.8, 4) is 11.1 Å². The number of hydrogen-bond donors (Lipinski definition) is 3. The Morgan fingerprint density at radius 1 is 1.06 bits per heavy atom. The number of carbonyl (C=O) groups is 3. The lowest BCUT2D eigenvalue weighted by molar-refractivity contribution is -0.144. The molecule has 0 bridgehead atoms. The molecule has 8 heteroatoms. The van der Waals surface area contributed by atoms with E-state index in [2.05, 4.69) is 22.8 Å². The van der Waals surface area contributed by atoms with Gasteiger partial charge in [0.15, 0.2) is 6.04 Å². The molecule has 0 heterocycles. The first kappa shape index (κ1) is 21.8. The Balaban J connectivity index is 1.32. The SMILES string of the molecule is COCC(NC(=O)C1(CNC(=O)OCC2c3ccccc3-c3ccccc32)CC1)C(=O)O. The topological polar surface area (TPSA) is 114 Å². The summed E-state index contributed by atoms with van der Waals surface area (Å²) in [6.07, 6.45) is 0.543. The number of methoxy groups -OCH3 is 1. The fourth-order valence-electron chi connectivity index (χ4n) is 4.18. The van der Waals surface area contributed by atoms with Gasteiger partial charge in [-0.1, -0.05) is 48.5 Å². The minimum absolute atomic E-state index is 0.0447. The molecule has 2 aliphatic carbocycles. The van der Waals surface area contributed by atoms with E-state index in [1.807, 2.05) is 36.4 Å². The maximum absolute atomic E-state index is 12.5. The first-order valence-electron chi connectivity index (χ1n) is 10.6. The van der Waals surface area contributed by atoms with Crippen LogP contribution in [0.5, 0.6) is 0 Å². The summed E-state index contributed by atoms with van der Waals surface area (Å²) in [5, 5.41) is 14.3. The Hall–Kier alpha value is -3.39. The van der Waals surface area contributed by atoms with E-state index >= 15 is 0 Å². The van der Waals surface area contributed by atoms with E-state index in [1.165, 1.54) is 7.11 Å². The van der Waals surface area contributed by atoms with Crippen molar-refractivity contribution in [3.05, 3.63) is 59.7 Å². The molecule has 0 aromatic heterocycles. The van der Waals surface area contributed by atoms with Crippen LogP contribution in [0.2, 0.25) is 0 Å². The van der Waals surface area contributed by atoms with Crippen LogP contribution in [0.15, 0.2) is 48.5 Å². The van der Waals surface area contributed by atoms with E-state index < -0.39 is 29.4 Å². The lowest BCUT2D eigenvalue weighted by Crippen LogP contribution is -2.49. The second kappa shape index (κ2) is 9.00. The zero-order valence-electron chi connectivity index (χ0n) is 17.8. The number of carboxylic acid groups (broad SMARTS) is 1. The summed E-state index contributed by atoms with van der Waals surface area (Å²) in [6.45, 7) is 0.153. The summed E-state index contributed by atoms with van der Waals surface area (Å²) < 4.78 is 10.3. The van der Waals surface area contributed by atoms with Crippen LogP contribution in [0.1, 0.15) is 29.9 Å². The van der Waals surface area contributed by atoms with E-state index in [9.17, 15) is 19.5 Å². The summed E-state index contributed by atoms with van der Waals surface area (Å²) in [4.78, 5) is 36.2. The molecule has 1 atom stereocenters. The summed E-state index contributed by atoms with van der Waals surface area (Å²) in [6, 6.07) is 15.0. The predicted molar refractivity (Wildman–Crippen MR) is 116 cm³/mol. The molecule has 1 saturated carbocycles. The molecule has 0 radical (unpaired) electrons.